The van der Waals surface area contributed by atoms with E-state index in [0.29, 0.717) is 12.1 Å². The number of anilines is 1. The third kappa shape index (κ3) is 3.55. The van der Waals surface area contributed by atoms with E-state index in [1.165, 1.54) is 18.9 Å². The molecule has 2 rings (SSSR count). The molecule has 2 aromatic rings. The molecule has 0 aliphatic heterocycles. The van der Waals surface area contributed by atoms with E-state index < -0.39 is 0 Å². The van der Waals surface area contributed by atoms with Crippen LogP contribution in [0.15, 0.2) is 42.6 Å². The third-order valence-corrected chi connectivity index (χ3v) is 2.74. The van der Waals surface area contributed by atoms with Crippen molar-refractivity contribution in [3.8, 4) is 0 Å². The van der Waals surface area contributed by atoms with Gasteiger partial charge in [0.25, 0.3) is 0 Å². The fourth-order valence-corrected chi connectivity index (χ4v) is 1.72. The summed E-state index contributed by atoms with van der Waals surface area (Å²) in [6.45, 7) is 2.67. The van der Waals surface area contributed by atoms with Gasteiger partial charge in [-0.15, -0.1) is 0 Å². The summed E-state index contributed by atoms with van der Waals surface area (Å²) in [6.07, 6.45) is 1.53. The smallest absolute Gasteiger partial charge is 0.339 e. The van der Waals surface area contributed by atoms with Gasteiger partial charge in [-0.3, -0.25) is 4.98 Å². The van der Waals surface area contributed by atoms with Crippen molar-refractivity contribution in [3.63, 3.8) is 0 Å². The van der Waals surface area contributed by atoms with Crippen molar-refractivity contribution in [2.45, 2.75) is 13.5 Å². The van der Waals surface area contributed by atoms with E-state index in [1.54, 1.807) is 6.07 Å². The van der Waals surface area contributed by atoms with Crippen molar-refractivity contribution in [2.24, 2.45) is 0 Å². The molecule has 0 saturated heterocycles. The van der Waals surface area contributed by atoms with Gasteiger partial charge in [0.2, 0.25) is 0 Å². The average Bonchev–Trinajstić information content (AvgIpc) is 2.45. The van der Waals surface area contributed by atoms with Crippen molar-refractivity contribution in [2.75, 3.05) is 12.4 Å². The summed E-state index contributed by atoms with van der Waals surface area (Å²) in [7, 11) is 1.36. The first kappa shape index (κ1) is 13.1. The highest BCUT2D eigenvalue weighted by Gasteiger charge is 2.05. The van der Waals surface area contributed by atoms with Gasteiger partial charge < -0.3 is 10.1 Å². The number of nitrogens with zero attached hydrogens (tertiary/aromatic N) is 1. The number of esters is 1. The summed E-state index contributed by atoms with van der Waals surface area (Å²) in [6, 6.07) is 11.7. The molecule has 98 valence electrons. The number of carbonyl (C=O) groups is 1. The maximum Gasteiger partial charge on any atom is 0.339 e. The van der Waals surface area contributed by atoms with Gasteiger partial charge in [0.15, 0.2) is 0 Å². The Morgan fingerprint density at radius 2 is 2.16 bits per heavy atom. The summed E-state index contributed by atoms with van der Waals surface area (Å²) >= 11 is 0. The van der Waals surface area contributed by atoms with Crippen molar-refractivity contribution in [1.82, 2.24) is 4.98 Å². The average molecular weight is 256 g/mol. The SMILES string of the molecule is COC(=O)c1ccc(CNc2cccc(C)c2)nc1. The maximum atomic E-state index is 11.3. The van der Waals surface area contributed by atoms with Crippen LogP contribution in [0.2, 0.25) is 0 Å². The molecular formula is C15H16N2O2. The molecular weight excluding hydrogens is 240 g/mol. The molecule has 0 radical (unpaired) electrons. The second-order valence-corrected chi connectivity index (χ2v) is 4.25. The lowest BCUT2D eigenvalue weighted by molar-refractivity contribution is 0.0600. The van der Waals surface area contributed by atoms with Gasteiger partial charge in [-0.2, -0.15) is 0 Å². The Balaban J connectivity index is 1.98. The molecule has 0 fully saturated rings. The van der Waals surface area contributed by atoms with Gasteiger partial charge in [-0.1, -0.05) is 12.1 Å². The third-order valence-electron chi connectivity index (χ3n) is 2.74. The second-order valence-electron chi connectivity index (χ2n) is 4.25. The van der Waals surface area contributed by atoms with Crippen molar-refractivity contribution >= 4 is 11.7 Å². The lowest BCUT2D eigenvalue weighted by atomic mass is 10.2. The number of hydrogen-bond acceptors (Lipinski definition) is 4. The number of benzene rings is 1. The molecule has 1 aromatic heterocycles. The van der Waals surface area contributed by atoms with Crippen LogP contribution >= 0.6 is 0 Å². The Labute approximate surface area is 112 Å². The highest BCUT2D eigenvalue weighted by atomic mass is 16.5. The van der Waals surface area contributed by atoms with Gasteiger partial charge in [0, 0.05) is 11.9 Å². The van der Waals surface area contributed by atoms with Crippen LogP contribution < -0.4 is 5.32 Å². The number of aromatic nitrogens is 1. The zero-order valence-corrected chi connectivity index (χ0v) is 11.0. The first-order valence-electron chi connectivity index (χ1n) is 6.03. The van der Waals surface area contributed by atoms with E-state index in [9.17, 15) is 4.79 Å². The zero-order valence-electron chi connectivity index (χ0n) is 11.0. The molecule has 1 heterocycles. The van der Waals surface area contributed by atoms with Crippen LogP contribution in [0.3, 0.4) is 0 Å². The quantitative estimate of drug-likeness (QED) is 0.855. The van der Waals surface area contributed by atoms with Crippen LogP contribution in [0.1, 0.15) is 21.6 Å². The number of nitrogens with one attached hydrogen (secondary N) is 1. The first-order valence-corrected chi connectivity index (χ1v) is 6.03. The molecule has 0 saturated carbocycles. The van der Waals surface area contributed by atoms with Crippen LogP contribution in [0.25, 0.3) is 0 Å². The summed E-state index contributed by atoms with van der Waals surface area (Å²) in [4.78, 5) is 15.5. The molecule has 0 aliphatic rings. The zero-order chi connectivity index (χ0) is 13.7. The Morgan fingerprint density at radius 1 is 1.32 bits per heavy atom. The summed E-state index contributed by atoms with van der Waals surface area (Å²) in [5.74, 6) is -0.370. The van der Waals surface area contributed by atoms with Crippen molar-refractivity contribution in [1.29, 1.82) is 0 Å². The lowest BCUT2D eigenvalue weighted by Crippen LogP contribution is -2.05. The van der Waals surface area contributed by atoms with E-state index in [0.717, 1.165) is 11.4 Å². The van der Waals surface area contributed by atoms with Gasteiger partial charge in [0.05, 0.1) is 24.9 Å². The fourth-order valence-electron chi connectivity index (χ4n) is 1.72. The number of aryl methyl sites for hydroxylation is 1. The first-order chi connectivity index (χ1) is 9.19. The number of hydrogen-bond donors (Lipinski definition) is 1. The molecule has 0 spiro atoms. The molecule has 0 atom stereocenters. The van der Waals surface area contributed by atoms with Crippen LogP contribution in [-0.2, 0) is 11.3 Å². The van der Waals surface area contributed by atoms with Crippen LogP contribution in [0.5, 0.6) is 0 Å². The number of methoxy groups -OCH3 is 1. The summed E-state index contributed by atoms with van der Waals surface area (Å²) in [5.41, 5.74) is 3.59. The summed E-state index contributed by atoms with van der Waals surface area (Å²) in [5, 5.41) is 3.29. The van der Waals surface area contributed by atoms with E-state index in [1.807, 2.05) is 18.2 Å². The Bertz CT molecular complexity index is 565. The van der Waals surface area contributed by atoms with Crippen LogP contribution in [0, 0.1) is 6.92 Å². The number of pyridine rings is 1. The summed E-state index contributed by atoms with van der Waals surface area (Å²) < 4.78 is 4.62. The Morgan fingerprint density at radius 3 is 2.79 bits per heavy atom. The monoisotopic (exact) mass is 256 g/mol. The van der Waals surface area contributed by atoms with E-state index in [2.05, 4.69) is 34.1 Å². The second kappa shape index (κ2) is 6.00. The van der Waals surface area contributed by atoms with Crippen LogP contribution in [-0.4, -0.2) is 18.1 Å². The molecule has 1 aromatic carbocycles. The number of ether oxygens (including phenoxy) is 1. The molecule has 19 heavy (non-hydrogen) atoms. The Hall–Kier alpha value is -2.36. The number of rotatable bonds is 4. The minimum Gasteiger partial charge on any atom is -0.465 e. The van der Waals surface area contributed by atoms with Gasteiger partial charge >= 0.3 is 5.97 Å². The largest absolute Gasteiger partial charge is 0.465 e. The standard InChI is InChI=1S/C15H16N2O2/c1-11-4-3-5-13(8-11)17-10-14-7-6-12(9-16-14)15(18)19-2/h3-9,17H,10H2,1-2H3. The molecule has 0 aliphatic carbocycles. The molecule has 4 heteroatoms. The molecule has 0 unspecified atom stereocenters. The molecule has 0 bridgehead atoms. The van der Waals surface area contributed by atoms with Gasteiger partial charge in [0.1, 0.15) is 0 Å². The van der Waals surface area contributed by atoms with Gasteiger partial charge in [-0.25, -0.2) is 4.79 Å². The minimum absolute atomic E-state index is 0.370. The van der Waals surface area contributed by atoms with E-state index in [4.69, 9.17) is 0 Å². The molecule has 4 nitrogen and oxygen atoms in total. The highest BCUT2D eigenvalue weighted by molar-refractivity contribution is 5.88. The normalized spacial score (nSPS) is 10.0. The number of carbonyl (C=O) groups excluding carboxylic acids is 1. The Kier molecular flexibility index (Phi) is 4.13. The maximum absolute atomic E-state index is 11.3. The van der Waals surface area contributed by atoms with E-state index in [-0.39, 0.29) is 5.97 Å². The van der Waals surface area contributed by atoms with Gasteiger partial charge in [-0.05, 0) is 36.8 Å². The van der Waals surface area contributed by atoms with Crippen molar-refractivity contribution < 1.29 is 9.53 Å². The highest BCUT2D eigenvalue weighted by Crippen LogP contribution is 2.11. The van der Waals surface area contributed by atoms with E-state index >= 15 is 0 Å². The van der Waals surface area contributed by atoms with Crippen LogP contribution in [0.4, 0.5) is 5.69 Å². The fraction of sp³-hybridized carbons (Fsp3) is 0.200. The predicted octanol–water partition coefficient (Wildman–Crippen LogP) is 2.79. The predicted molar refractivity (Wildman–Crippen MR) is 74.1 cm³/mol. The van der Waals surface area contributed by atoms with Crippen molar-refractivity contribution in [3.05, 3.63) is 59.4 Å². The lowest BCUT2D eigenvalue weighted by Gasteiger charge is -2.07. The molecule has 1 N–H and O–H groups in total. The topological polar surface area (TPSA) is 51.2 Å². The minimum atomic E-state index is -0.370. The molecule has 0 amide bonds.